The fourth-order valence-electron chi connectivity index (χ4n) is 2.15. The standard InChI is InChI=1S/C14H19N3O4/c1-3-21-11-4-5-12(13(6-11)17(19)20)16-14(18)9(2)10-7-15-8-10/h4-6,9-10,15H,3,7-8H2,1-2H3,(H,16,18). The van der Waals surface area contributed by atoms with Gasteiger partial charge in [0.05, 0.1) is 17.6 Å². The molecule has 0 bridgehead atoms. The first-order valence-electron chi connectivity index (χ1n) is 6.95. The van der Waals surface area contributed by atoms with Crippen molar-refractivity contribution in [3.05, 3.63) is 28.3 Å². The Kier molecular flexibility index (Phi) is 4.74. The van der Waals surface area contributed by atoms with Crippen LogP contribution < -0.4 is 15.4 Å². The molecule has 0 radical (unpaired) electrons. The zero-order valence-corrected chi connectivity index (χ0v) is 12.1. The number of nitro groups is 1. The van der Waals surface area contributed by atoms with Gasteiger partial charge in [-0.3, -0.25) is 14.9 Å². The first-order valence-corrected chi connectivity index (χ1v) is 6.95. The molecule has 0 saturated carbocycles. The SMILES string of the molecule is CCOc1ccc(NC(=O)C(C)C2CNC2)c([N+](=O)[O-])c1. The Morgan fingerprint density at radius 2 is 2.29 bits per heavy atom. The Bertz CT molecular complexity index is 543. The molecule has 2 N–H and O–H groups in total. The van der Waals surface area contributed by atoms with Gasteiger partial charge < -0.3 is 15.4 Å². The lowest BCUT2D eigenvalue weighted by Crippen LogP contribution is -2.48. The average molecular weight is 293 g/mol. The molecule has 21 heavy (non-hydrogen) atoms. The van der Waals surface area contributed by atoms with Crippen molar-refractivity contribution < 1.29 is 14.5 Å². The van der Waals surface area contributed by atoms with Gasteiger partial charge in [0.25, 0.3) is 5.69 Å². The van der Waals surface area contributed by atoms with Crippen LogP contribution in [0.25, 0.3) is 0 Å². The van der Waals surface area contributed by atoms with Crippen molar-refractivity contribution in [1.82, 2.24) is 5.32 Å². The lowest BCUT2D eigenvalue weighted by atomic mass is 9.88. The maximum Gasteiger partial charge on any atom is 0.296 e. The van der Waals surface area contributed by atoms with Crippen molar-refractivity contribution in [3.63, 3.8) is 0 Å². The van der Waals surface area contributed by atoms with E-state index >= 15 is 0 Å². The number of amides is 1. The van der Waals surface area contributed by atoms with Gasteiger partial charge in [0.2, 0.25) is 5.91 Å². The molecule has 0 spiro atoms. The maximum atomic E-state index is 12.1. The van der Waals surface area contributed by atoms with Gasteiger partial charge in [-0.1, -0.05) is 6.92 Å². The number of nitrogens with zero attached hydrogens (tertiary/aromatic N) is 1. The fraction of sp³-hybridized carbons (Fsp3) is 0.500. The number of hydrogen-bond acceptors (Lipinski definition) is 5. The monoisotopic (exact) mass is 293 g/mol. The predicted octanol–water partition coefficient (Wildman–Crippen LogP) is 1.79. The molecule has 1 amide bonds. The summed E-state index contributed by atoms with van der Waals surface area (Å²) in [5, 5.41) is 16.9. The van der Waals surface area contributed by atoms with Crippen LogP contribution in [0, 0.1) is 22.0 Å². The molecule has 1 heterocycles. The van der Waals surface area contributed by atoms with E-state index in [9.17, 15) is 14.9 Å². The molecular weight excluding hydrogens is 274 g/mol. The van der Waals surface area contributed by atoms with Crippen LogP contribution in [0.1, 0.15) is 13.8 Å². The first kappa shape index (κ1) is 15.2. The highest BCUT2D eigenvalue weighted by molar-refractivity contribution is 5.94. The number of hydrogen-bond donors (Lipinski definition) is 2. The summed E-state index contributed by atoms with van der Waals surface area (Å²) >= 11 is 0. The molecule has 7 heteroatoms. The molecule has 1 fully saturated rings. The van der Waals surface area contributed by atoms with Gasteiger partial charge in [-0.15, -0.1) is 0 Å². The van der Waals surface area contributed by atoms with Crippen molar-refractivity contribution in [2.45, 2.75) is 13.8 Å². The Morgan fingerprint density at radius 3 is 2.81 bits per heavy atom. The molecule has 1 aliphatic heterocycles. The molecule has 1 aromatic carbocycles. The van der Waals surface area contributed by atoms with Crippen LogP contribution >= 0.6 is 0 Å². The van der Waals surface area contributed by atoms with Gasteiger partial charge in [-0.2, -0.15) is 0 Å². The highest BCUT2D eigenvalue weighted by Gasteiger charge is 2.29. The summed E-state index contributed by atoms with van der Waals surface area (Å²) in [5.74, 6) is 0.316. The summed E-state index contributed by atoms with van der Waals surface area (Å²) in [6.45, 7) is 5.67. The Morgan fingerprint density at radius 1 is 1.57 bits per heavy atom. The highest BCUT2D eigenvalue weighted by atomic mass is 16.6. The number of carbonyl (C=O) groups is 1. The number of nitrogens with one attached hydrogen (secondary N) is 2. The van der Waals surface area contributed by atoms with Crippen LogP contribution in [0.15, 0.2) is 18.2 Å². The summed E-state index contributed by atoms with van der Waals surface area (Å²) in [5.41, 5.74) is 0.0424. The van der Waals surface area contributed by atoms with Crippen molar-refractivity contribution in [2.75, 3.05) is 25.0 Å². The van der Waals surface area contributed by atoms with E-state index in [1.807, 2.05) is 6.92 Å². The van der Waals surface area contributed by atoms with Gasteiger partial charge in [0.15, 0.2) is 0 Å². The maximum absolute atomic E-state index is 12.1. The normalized spacial score (nSPS) is 15.9. The van der Waals surface area contributed by atoms with E-state index in [0.717, 1.165) is 13.1 Å². The quantitative estimate of drug-likeness (QED) is 0.616. The zero-order valence-electron chi connectivity index (χ0n) is 12.1. The molecule has 1 aromatic rings. The Labute approximate surface area is 122 Å². The smallest absolute Gasteiger partial charge is 0.296 e. The molecule has 0 aliphatic carbocycles. The number of anilines is 1. The molecule has 1 aliphatic rings. The molecular formula is C14H19N3O4. The van der Waals surface area contributed by atoms with Crippen LogP contribution in [-0.4, -0.2) is 30.5 Å². The number of ether oxygens (including phenoxy) is 1. The van der Waals surface area contributed by atoms with E-state index in [4.69, 9.17) is 4.74 Å². The topological polar surface area (TPSA) is 93.5 Å². The second kappa shape index (κ2) is 6.53. The van der Waals surface area contributed by atoms with E-state index in [0.29, 0.717) is 12.4 Å². The molecule has 2 rings (SSSR count). The lowest BCUT2D eigenvalue weighted by Gasteiger charge is -2.31. The molecule has 1 saturated heterocycles. The van der Waals surface area contributed by atoms with Crippen LogP contribution in [0.2, 0.25) is 0 Å². The molecule has 0 aromatic heterocycles. The summed E-state index contributed by atoms with van der Waals surface area (Å²) in [4.78, 5) is 22.7. The lowest BCUT2D eigenvalue weighted by molar-refractivity contribution is -0.384. The Hall–Kier alpha value is -2.15. The van der Waals surface area contributed by atoms with Crippen molar-refractivity contribution >= 4 is 17.3 Å². The van der Waals surface area contributed by atoms with Gasteiger partial charge in [-0.05, 0) is 38.1 Å². The van der Waals surface area contributed by atoms with Crippen LogP contribution in [0.4, 0.5) is 11.4 Å². The largest absolute Gasteiger partial charge is 0.494 e. The number of rotatable bonds is 6. The summed E-state index contributed by atoms with van der Waals surface area (Å²) < 4.78 is 5.24. The number of nitro benzene ring substituents is 1. The molecule has 1 unspecified atom stereocenters. The van der Waals surface area contributed by atoms with Crippen LogP contribution in [0.5, 0.6) is 5.75 Å². The van der Waals surface area contributed by atoms with E-state index in [2.05, 4.69) is 10.6 Å². The average Bonchev–Trinajstić information content (AvgIpc) is 2.38. The van der Waals surface area contributed by atoms with E-state index in [1.165, 1.54) is 12.1 Å². The molecule has 7 nitrogen and oxygen atoms in total. The minimum atomic E-state index is -0.520. The summed E-state index contributed by atoms with van der Waals surface area (Å²) in [6.07, 6.45) is 0. The summed E-state index contributed by atoms with van der Waals surface area (Å²) in [7, 11) is 0. The van der Waals surface area contributed by atoms with E-state index < -0.39 is 4.92 Å². The van der Waals surface area contributed by atoms with Gasteiger partial charge >= 0.3 is 0 Å². The second-order valence-corrected chi connectivity index (χ2v) is 5.07. The summed E-state index contributed by atoms with van der Waals surface area (Å²) in [6, 6.07) is 4.45. The van der Waals surface area contributed by atoms with Crippen LogP contribution in [0.3, 0.4) is 0 Å². The predicted molar refractivity (Wildman–Crippen MR) is 78.4 cm³/mol. The first-order chi connectivity index (χ1) is 10.0. The van der Waals surface area contributed by atoms with E-state index in [1.54, 1.807) is 13.0 Å². The third kappa shape index (κ3) is 3.49. The Balaban J connectivity index is 2.14. The minimum absolute atomic E-state index is 0.159. The number of carbonyl (C=O) groups excluding carboxylic acids is 1. The third-order valence-electron chi connectivity index (χ3n) is 3.67. The van der Waals surface area contributed by atoms with Crippen molar-refractivity contribution in [2.24, 2.45) is 11.8 Å². The molecule has 114 valence electrons. The van der Waals surface area contributed by atoms with Crippen molar-refractivity contribution in [3.8, 4) is 5.75 Å². The van der Waals surface area contributed by atoms with Crippen molar-refractivity contribution in [1.29, 1.82) is 0 Å². The molecule has 1 atom stereocenters. The number of benzene rings is 1. The second-order valence-electron chi connectivity index (χ2n) is 5.07. The highest BCUT2D eigenvalue weighted by Crippen LogP contribution is 2.30. The van der Waals surface area contributed by atoms with Crippen LogP contribution in [-0.2, 0) is 4.79 Å². The minimum Gasteiger partial charge on any atom is -0.494 e. The third-order valence-corrected chi connectivity index (χ3v) is 3.67. The zero-order chi connectivity index (χ0) is 15.4. The van der Waals surface area contributed by atoms with Gasteiger partial charge in [-0.25, -0.2) is 0 Å². The fourth-order valence-corrected chi connectivity index (χ4v) is 2.15. The van der Waals surface area contributed by atoms with Gasteiger partial charge in [0.1, 0.15) is 11.4 Å². The van der Waals surface area contributed by atoms with Gasteiger partial charge in [0, 0.05) is 5.92 Å². The van der Waals surface area contributed by atoms with E-state index in [-0.39, 0.29) is 29.1 Å².